The van der Waals surface area contributed by atoms with Crippen molar-refractivity contribution >= 4 is 48.5 Å². The minimum absolute atomic E-state index is 0.405. The summed E-state index contributed by atoms with van der Waals surface area (Å²) in [6.07, 6.45) is 1.37. The number of likely N-dealkylation sites (N-methyl/N-ethyl adjacent to an activating group) is 1. The number of hydrogen-bond donors (Lipinski definition) is 2. The molecule has 0 aliphatic carbocycles. The summed E-state index contributed by atoms with van der Waals surface area (Å²) in [6, 6.07) is 5.92. The van der Waals surface area contributed by atoms with Gasteiger partial charge in [-0.3, -0.25) is 4.98 Å². The first-order valence-corrected chi connectivity index (χ1v) is 9.01. The summed E-state index contributed by atoms with van der Waals surface area (Å²) in [5.41, 5.74) is 1.88. The van der Waals surface area contributed by atoms with Gasteiger partial charge in [0.1, 0.15) is 0 Å². The zero-order chi connectivity index (χ0) is 16.1. The Hall–Kier alpha value is -0.690. The first-order valence-electron chi connectivity index (χ1n) is 7.43. The van der Waals surface area contributed by atoms with E-state index in [2.05, 4.69) is 60.9 Å². The predicted molar refractivity (Wildman–Crippen MR) is 99.4 cm³/mol. The SMILES string of the molecule is CCN(CC)CC(O)CNc1ccnc2cc(Br)cc(Br)c12. The molecule has 2 rings (SSSR count). The largest absolute Gasteiger partial charge is 0.390 e. The number of aromatic nitrogens is 1. The number of hydrogen-bond acceptors (Lipinski definition) is 4. The van der Waals surface area contributed by atoms with Crippen molar-refractivity contribution < 1.29 is 5.11 Å². The topological polar surface area (TPSA) is 48.4 Å². The highest BCUT2D eigenvalue weighted by Crippen LogP contribution is 2.32. The Bertz CT molecular complexity index is 632. The Balaban J connectivity index is 2.12. The van der Waals surface area contributed by atoms with Gasteiger partial charge in [-0.1, -0.05) is 29.8 Å². The average molecular weight is 431 g/mol. The Morgan fingerprint density at radius 1 is 1.27 bits per heavy atom. The molecule has 120 valence electrons. The molecule has 0 radical (unpaired) electrons. The van der Waals surface area contributed by atoms with Crippen LogP contribution in [0.15, 0.2) is 33.3 Å². The second-order valence-corrected chi connectivity index (χ2v) is 6.93. The van der Waals surface area contributed by atoms with Crippen LogP contribution in [0.2, 0.25) is 0 Å². The molecule has 2 N–H and O–H groups in total. The number of pyridine rings is 1. The third-order valence-corrected chi connectivity index (χ3v) is 4.73. The van der Waals surface area contributed by atoms with Gasteiger partial charge in [0.15, 0.2) is 0 Å². The van der Waals surface area contributed by atoms with Gasteiger partial charge in [0.05, 0.1) is 11.6 Å². The second-order valence-electron chi connectivity index (χ2n) is 5.16. The molecule has 1 unspecified atom stereocenters. The van der Waals surface area contributed by atoms with Gasteiger partial charge in [-0.2, -0.15) is 0 Å². The molecule has 0 aliphatic rings. The van der Waals surface area contributed by atoms with E-state index in [4.69, 9.17) is 0 Å². The summed E-state index contributed by atoms with van der Waals surface area (Å²) in [5, 5.41) is 14.6. The molecule has 6 heteroatoms. The fraction of sp³-hybridized carbons (Fsp3) is 0.438. The maximum atomic E-state index is 10.2. The highest BCUT2D eigenvalue weighted by Gasteiger charge is 2.11. The number of nitrogens with zero attached hydrogens (tertiary/aromatic N) is 2. The van der Waals surface area contributed by atoms with E-state index in [-0.39, 0.29) is 0 Å². The van der Waals surface area contributed by atoms with Crippen LogP contribution in [0.25, 0.3) is 10.9 Å². The molecule has 0 amide bonds. The zero-order valence-corrected chi connectivity index (χ0v) is 16.0. The lowest BCUT2D eigenvalue weighted by atomic mass is 10.2. The molecule has 2 aromatic rings. The monoisotopic (exact) mass is 429 g/mol. The molecule has 1 aromatic heterocycles. The Morgan fingerprint density at radius 3 is 2.68 bits per heavy atom. The van der Waals surface area contributed by atoms with Crippen molar-refractivity contribution in [2.24, 2.45) is 0 Å². The van der Waals surface area contributed by atoms with Crippen molar-refractivity contribution in [3.63, 3.8) is 0 Å². The van der Waals surface area contributed by atoms with E-state index in [0.29, 0.717) is 13.1 Å². The van der Waals surface area contributed by atoms with Gasteiger partial charge in [0, 0.05) is 39.3 Å². The number of benzene rings is 1. The predicted octanol–water partition coefficient (Wildman–Crippen LogP) is 3.87. The highest BCUT2D eigenvalue weighted by molar-refractivity contribution is 9.11. The van der Waals surface area contributed by atoms with Crippen LogP contribution < -0.4 is 5.32 Å². The van der Waals surface area contributed by atoms with Crippen LogP contribution in [-0.4, -0.2) is 47.3 Å². The van der Waals surface area contributed by atoms with Crippen molar-refractivity contribution in [2.45, 2.75) is 20.0 Å². The fourth-order valence-electron chi connectivity index (χ4n) is 2.42. The van der Waals surface area contributed by atoms with Crippen LogP contribution in [0.4, 0.5) is 5.69 Å². The minimum Gasteiger partial charge on any atom is -0.390 e. The molecular formula is C16H21Br2N3O. The summed E-state index contributed by atoms with van der Waals surface area (Å²) < 4.78 is 1.96. The minimum atomic E-state index is -0.405. The van der Waals surface area contributed by atoms with Crippen LogP contribution in [-0.2, 0) is 0 Å². The number of aliphatic hydroxyl groups is 1. The lowest BCUT2D eigenvalue weighted by Gasteiger charge is -2.22. The second kappa shape index (κ2) is 8.24. The van der Waals surface area contributed by atoms with Crippen molar-refractivity contribution in [2.75, 3.05) is 31.5 Å². The fourth-order valence-corrected chi connectivity index (χ4v) is 3.84. The lowest BCUT2D eigenvalue weighted by molar-refractivity contribution is 0.128. The number of aliphatic hydroxyl groups excluding tert-OH is 1. The summed E-state index contributed by atoms with van der Waals surface area (Å²) in [7, 11) is 0. The third-order valence-electron chi connectivity index (χ3n) is 3.65. The molecule has 0 spiro atoms. The molecule has 1 atom stereocenters. The van der Waals surface area contributed by atoms with Crippen LogP contribution in [0, 0.1) is 0 Å². The summed E-state index contributed by atoms with van der Waals surface area (Å²) in [6.45, 7) is 7.30. The molecule has 0 saturated carbocycles. The van der Waals surface area contributed by atoms with Gasteiger partial charge in [0.25, 0.3) is 0 Å². The number of halogens is 2. The molecule has 22 heavy (non-hydrogen) atoms. The average Bonchev–Trinajstić information content (AvgIpc) is 2.49. The maximum absolute atomic E-state index is 10.2. The van der Waals surface area contributed by atoms with E-state index in [0.717, 1.165) is 38.6 Å². The number of nitrogens with one attached hydrogen (secondary N) is 1. The van der Waals surface area contributed by atoms with Gasteiger partial charge >= 0.3 is 0 Å². The van der Waals surface area contributed by atoms with Crippen molar-refractivity contribution in [3.8, 4) is 0 Å². The smallest absolute Gasteiger partial charge is 0.0839 e. The van der Waals surface area contributed by atoms with E-state index in [9.17, 15) is 5.11 Å². The molecule has 0 aliphatic heterocycles. The number of rotatable bonds is 7. The van der Waals surface area contributed by atoms with Gasteiger partial charge in [0.2, 0.25) is 0 Å². The van der Waals surface area contributed by atoms with Crippen molar-refractivity contribution in [1.29, 1.82) is 0 Å². The quantitative estimate of drug-likeness (QED) is 0.699. The van der Waals surface area contributed by atoms with E-state index in [1.165, 1.54) is 0 Å². The molecule has 0 fully saturated rings. The van der Waals surface area contributed by atoms with E-state index >= 15 is 0 Å². The van der Waals surface area contributed by atoms with Gasteiger partial charge in [-0.05, 0) is 47.2 Å². The normalized spacial score (nSPS) is 12.8. The van der Waals surface area contributed by atoms with Crippen LogP contribution >= 0.6 is 31.9 Å². The van der Waals surface area contributed by atoms with Gasteiger partial charge in [-0.25, -0.2) is 0 Å². The van der Waals surface area contributed by atoms with E-state index in [1.807, 2.05) is 18.2 Å². The van der Waals surface area contributed by atoms with E-state index in [1.54, 1.807) is 6.20 Å². The summed E-state index contributed by atoms with van der Waals surface area (Å²) in [5.74, 6) is 0. The van der Waals surface area contributed by atoms with Crippen LogP contribution in [0.3, 0.4) is 0 Å². The Kier molecular flexibility index (Phi) is 6.62. The van der Waals surface area contributed by atoms with E-state index < -0.39 is 6.10 Å². The zero-order valence-electron chi connectivity index (χ0n) is 12.8. The van der Waals surface area contributed by atoms with Crippen LogP contribution in [0.5, 0.6) is 0 Å². The maximum Gasteiger partial charge on any atom is 0.0839 e. The van der Waals surface area contributed by atoms with Crippen LogP contribution in [0.1, 0.15) is 13.8 Å². The van der Waals surface area contributed by atoms with Gasteiger partial charge in [-0.15, -0.1) is 0 Å². The standard InChI is InChI=1S/C16H21Br2N3O/c1-3-21(4-2)10-12(22)9-20-14-5-6-19-15-8-11(17)7-13(18)16(14)15/h5-8,12,22H,3-4,9-10H2,1-2H3,(H,19,20). The first kappa shape index (κ1) is 17.7. The molecule has 1 aromatic carbocycles. The molecule has 0 bridgehead atoms. The number of fused-ring (bicyclic) bond motifs is 1. The molecule has 1 heterocycles. The van der Waals surface area contributed by atoms with Crippen molar-refractivity contribution in [1.82, 2.24) is 9.88 Å². The molecule has 4 nitrogen and oxygen atoms in total. The molecular weight excluding hydrogens is 410 g/mol. The highest BCUT2D eigenvalue weighted by atomic mass is 79.9. The Labute approximate surface area is 148 Å². The number of anilines is 1. The first-order chi connectivity index (χ1) is 10.5. The summed E-state index contributed by atoms with van der Waals surface area (Å²) >= 11 is 7.06. The van der Waals surface area contributed by atoms with Gasteiger partial charge < -0.3 is 15.3 Å². The lowest BCUT2D eigenvalue weighted by Crippen LogP contribution is -2.35. The Morgan fingerprint density at radius 2 is 2.00 bits per heavy atom. The van der Waals surface area contributed by atoms with Crippen molar-refractivity contribution in [3.05, 3.63) is 33.3 Å². The third kappa shape index (κ3) is 4.41. The summed E-state index contributed by atoms with van der Waals surface area (Å²) in [4.78, 5) is 6.61. The molecule has 0 saturated heterocycles.